The highest BCUT2D eigenvalue weighted by atomic mass is 35.5. The van der Waals surface area contributed by atoms with E-state index >= 15 is 0 Å². The Kier molecular flexibility index (Phi) is 14.2. The van der Waals surface area contributed by atoms with E-state index in [9.17, 15) is 24.0 Å². The van der Waals surface area contributed by atoms with E-state index in [-0.39, 0.29) is 30.9 Å². The van der Waals surface area contributed by atoms with Crippen molar-refractivity contribution in [3.05, 3.63) is 70.7 Å². The van der Waals surface area contributed by atoms with E-state index in [0.717, 1.165) is 5.56 Å². The Labute approximate surface area is 250 Å². The summed E-state index contributed by atoms with van der Waals surface area (Å²) in [5.74, 6) is -3.43. The molecule has 0 aromatic heterocycles. The lowest BCUT2D eigenvalue weighted by molar-refractivity contribution is -0.137. The van der Waals surface area contributed by atoms with Crippen molar-refractivity contribution in [2.24, 2.45) is 5.92 Å². The molecule has 4 amide bonds. The second-order valence-electron chi connectivity index (χ2n) is 9.89. The molecule has 0 spiro atoms. The van der Waals surface area contributed by atoms with Gasteiger partial charge in [-0.05, 0) is 48.9 Å². The van der Waals surface area contributed by atoms with Crippen LogP contribution in [-0.2, 0) is 25.6 Å². The average Bonchev–Trinajstić information content (AvgIpc) is 2.94. The first kappa shape index (κ1) is 33.6. The van der Waals surface area contributed by atoms with Gasteiger partial charge in [-0.2, -0.15) is 12.6 Å². The van der Waals surface area contributed by atoms with Crippen molar-refractivity contribution in [1.29, 1.82) is 0 Å². The molecule has 0 aliphatic carbocycles. The fourth-order valence-corrected chi connectivity index (χ4v) is 4.44. The molecule has 0 aliphatic heterocycles. The largest absolute Gasteiger partial charge is 0.481 e. The first-order chi connectivity index (χ1) is 19.5. The zero-order valence-corrected chi connectivity index (χ0v) is 24.7. The number of thiol groups is 1. The van der Waals surface area contributed by atoms with Gasteiger partial charge in [0.05, 0.1) is 0 Å². The number of amides is 4. The molecule has 0 bridgehead atoms. The molecule has 0 aliphatic rings. The number of carbonyl (C=O) groups excluding carboxylic acids is 4. The number of carboxylic acid groups (broad SMARTS) is 1. The number of hydrogen-bond acceptors (Lipinski definition) is 6. The van der Waals surface area contributed by atoms with E-state index in [2.05, 4.69) is 33.9 Å². The van der Waals surface area contributed by atoms with Crippen LogP contribution in [-0.4, -0.2) is 65.1 Å². The summed E-state index contributed by atoms with van der Waals surface area (Å²) in [5.41, 5.74) is 1.17. The van der Waals surface area contributed by atoms with Crippen LogP contribution in [0, 0.1) is 5.92 Å². The van der Waals surface area contributed by atoms with Crippen LogP contribution in [0.25, 0.3) is 0 Å². The summed E-state index contributed by atoms with van der Waals surface area (Å²) in [7, 11) is 0. The summed E-state index contributed by atoms with van der Waals surface area (Å²) >= 11 is 10.4. The number of hydrogen-bond donors (Lipinski definition) is 6. The first-order valence-electron chi connectivity index (χ1n) is 13.3. The van der Waals surface area contributed by atoms with E-state index < -0.39 is 47.7 Å². The number of halogens is 1. The summed E-state index contributed by atoms with van der Waals surface area (Å²) in [6.07, 6.45) is 0.188. The van der Waals surface area contributed by atoms with Gasteiger partial charge in [-0.25, -0.2) is 0 Å². The van der Waals surface area contributed by atoms with Gasteiger partial charge in [0, 0.05) is 29.3 Å². The third-order valence-corrected chi connectivity index (χ3v) is 6.85. The molecule has 12 heteroatoms. The smallest absolute Gasteiger partial charge is 0.303 e. The lowest BCUT2D eigenvalue weighted by Gasteiger charge is -2.26. The molecule has 0 saturated heterocycles. The van der Waals surface area contributed by atoms with Crippen molar-refractivity contribution in [2.75, 3.05) is 12.3 Å². The SMILES string of the molecule is CC(C)C[C@H](NC(=O)[C@H](CCC(=O)O)NC(=O)c1ccccc1)C(=O)N[C@@H](CS)C(=O)NCCc1ccccc1Cl. The van der Waals surface area contributed by atoms with Gasteiger partial charge in [-0.1, -0.05) is 61.8 Å². The van der Waals surface area contributed by atoms with Gasteiger partial charge >= 0.3 is 5.97 Å². The maximum absolute atomic E-state index is 13.2. The molecule has 5 N–H and O–H groups in total. The molecule has 0 radical (unpaired) electrons. The van der Waals surface area contributed by atoms with E-state index in [1.807, 2.05) is 32.0 Å². The molecule has 10 nitrogen and oxygen atoms in total. The minimum Gasteiger partial charge on any atom is -0.481 e. The molecule has 222 valence electrons. The summed E-state index contributed by atoms with van der Waals surface area (Å²) in [5, 5.41) is 20.3. The standard InChI is InChI=1S/C29H37ClN4O6S/c1-18(2)16-23(29(40)34-24(17-41)27(38)31-15-14-19-8-6-7-11-21(19)30)33-28(39)22(12-13-25(35)36)32-26(37)20-9-4-3-5-10-20/h3-11,18,22-24,41H,12-17H2,1-2H3,(H,31,38)(H,32,37)(H,33,39)(H,34,40)(H,35,36)/t22-,23-,24-/m0/s1. The Morgan fingerprint density at radius 2 is 1.44 bits per heavy atom. The molecule has 0 saturated carbocycles. The van der Waals surface area contributed by atoms with Crippen LogP contribution in [0.15, 0.2) is 54.6 Å². The third kappa shape index (κ3) is 11.8. The van der Waals surface area contributed by atoms with Gasteiger partial charge in [0.2, 0.25) is 17.7 Å². The number of aliphatic carboxylic acids is 1. The number of benzene rings is 2. The fraction of sp³-hybridized carbons (Fsp3) is 0.414. The topological polar surface area (TPSA) is 154 Å². The van der Waals surface area contributed by atoms with Gasteiger partial charge < -0.3 is 26.4 Å². The number of rotatable bonds is 16. The number of nitrogens with one attached hydrogen (secondary N) is 4. The normalized spacial score (nSPS) is 13.0. The monoisotopic (exact) mass is 604 g/mol. The molecule has 3 atom stereocenters. The Morgan fingerprint density at radius 1 is 0.829 bits per heavy atom. The second kappa shape index (κ2) is 17.3. The minimum atomic E-state index is -1.20. The van der Waals surface area contributed by atoms with Crippen molar-refractivity contribution < 1.29 is 29.1 Å². The van der Waals surface area contributed by atoms with Crippen LogP contribution in [0.3, 0.4) is 0 Å². The molecule has 41 heavy (non-hydrogen) atoms. The molecule has 2 aromatic carbocycles. The average molecular weight is 605 g/mol. The molecule has 0 unspecified atom stereocenters. The molecule has 2 aromatic rings. The summed E-state index contributed by atoms with van der Waals surface area (Å²) in [6.45, 7) is 4.02. The van der Waals surface area contributed by atoms with Crippen molar-refractivity contribution in [2.45, 2.75) is 57.7 Å². The van der Waals surface area contributed by atoms with Gasteiger partial charge in [0.1, 0.15) is 18.1 Å². The van der Waals surface area contributed by atoms with Gasteiger partial charge in [0.25, 0.3) is 5.91 Å². The van der Waals surface area contributed by atoms with Gasteiger partial charge in [-0.3, -0.25) is 24.0 Å². The summed E-state index contributed by atoms with van der Waals surface area (Å²) in [6, 6.07) is 12.3. The Hall–Kier alpha value is -3.57. The Morgan fingerprint density at radius 3 is 2.05 bits per heavy atom. The molecular formula is C29H37ClN4O6S. The number of carbonyl (C=O) groups is 5. The summed E-state index contributed by atoms with van der Waals surface area (Å²) < 4.78 is 0. The molecule has 0 fully saturated rings. The van der Waals surface area contributed by atoms with E-state index in [4.69, 9.17) is 16.7 Å². The zero-order valence-electron chi connectivity index (χ0n) is 23.1. The zero-order chi connectivity index (χ0) is 30.4. The highest BCUT2D eigenvalue weighted by Gasteiger charge is 2.30. The van der Waals surface area contributed by atoms with Crippen molar-refractivity contribution in [3.63, 3.8) is 0 Å². The predicted molar refractivity (Wildman–Crippen MR) is 160 cm³/mol. The lowest BCUT2D eigenvalue weighted by Crippen LogP contribution is -2.57. The first-order valence-corrected chi connectivity index (χ1v) is 14.3. The van der Waals surface area contributed by atoms with Crippen LogP contribution in [0.4, 0.5) is 0 Å². The van der Waals surface area contributed by atoms with Crippen molar-refractivity contribution >= 4 is 53.8 Å². The molecule has 2 rings (SSSR count). The van der Waals surface area contributed by atoms with Crippen molar-refractivity contribution in [1.82, 2.24) is 21.3 Å². The predicted octanol–water partition coefficient (Wildman–Crippen LogP) is 2.61. The van der Waals surface area contributed by atoms with Gasteiger partial charge in [-0.15, -0.1) is 0 Å². The van der Waals surface area contributed by atoms with Crippen LogP contribution >= 0.6 is 24.2 Å². The Bertz CT molecular complexity index is 1200. The van der Waals surface area contributed by atoms with Crippen LogP contribution in [0.2, 0.25) is 5.02 Å². The van der Waals surface area contributed by atoms with E-state index in [0.29, 0.717) is 23.6 Å². The maximum atomic E-state index is 13.2. The Balaban J connectivity index is 2.06. The van der Waals surface area contributed by atoms with Crippen LogP contribution in [0.1, 0.15) is 49.0 Å². The highest BCUT2D eigenvalue weighted by molar-refractivity contribution is 7.80. The third-order valence-electron chi connectivity index (χ3n) is 6.11. The fourth-order valence-electron chi connectivity index (χ4n) is 3.95. The number of carboxylic acids is 1. The second-order valence-corrected chi connectivity index (χ2v) is 10.7. The van der Waals surface area contributed by atoms with Crippen molar-refractivity contribution in [3.8, 4) is 0 Å². The van der Waals surface area contributed by atoms with Crippen LogP contribution in [0.5, 0.6) is 0 Å². The van der Waals surface area contributed by atoms with E-state index in [1.54, 1.807) is 36.4 Å². The quantitative estimate of drug-likeness (QED) is 0.162. The lowest BCUT2D eigenvalue weighted by atomic mass is 10.0. The van der Waals surface area contributed by atoms with Gasteiger partial charge in [0.15, 0.2) is 0 Å². The van der Waals surface area contributed by atoms with E-state index in [1.165, 1.54) is 0 Å². The maximum Gasteiger partial charge on any atom is 0.303 e. The van der Waals surface area contributed by atoms with Crippen LogP contribution < -0.4 is 21.3 Å². The molecule has 0 heterocycles. The minimum absolute atomic E-state index is 0.0127. The summed E-state index contributed by atoms with van der Waals surface area (Å²) in [4.78, 5) is 63.1. The molecular weight excluding hydrogens is 568 g/mol. The highest BCUT2D eigenvalue weighted by Crippen LogP contribution is 2.15.